The smallest absolute Gasteiger partial charge is 0.261 e. The molecule has 0 amide bonds. The number of anilines is 1. The van der Waals surface area contributed by atoms with Crippen LogP contribution in [-0.2, 0) is 16.6 Å². The normalized spacial score (nSPS) is 16.9. The summed E-state index contributed by atoms with van der Waals surface area (Å²) in [4.78, 5) is 3.33. The molecule has 4 rings (SSSR count). The fourth-order valence-electron chi connectivity index (χ4n) is 4.58. The van der Waals surface area contributed by atoms with Gasteiger partial charge < -0.3 is 15.4 Å². The van der Waals surface area contributed by atoms with Crippen LogP contribution >= 0.6 is 0 Å². The van der Waals surface area contributed by atoms with E-state index in [1.807, 2.05) is 43.5 Å². The molecule has 0 radical (unpaired) electrons. The Labute approximate surface area is 196 Å². The Bertz CT molecular complexity index is 1120. The lowest BCUT2D eigenvalue weighted by atomic mass is 9.83. The molecule has 1 fully saturated rings. The number of benzene rings is 2. The second kappa shape index (κ2) is 10.5. The molecule has 1 unspecified atom stereocenters. The van der Waals surface area contributed by atoms with Gasteiger partial charge in [-0.2, -0.15) is 0 Å². The van der Waals surface area contributed by atoms with Crippen molar-refractivity contribution in [3.8, 4) is 11.3 Å². The van der Waals surface area contributed by atoms with Crippen LogP contribution in [0.2, 0.25) is 0 Å². The number of aliphatic hydroxyl groups is 1. The number of sulfonamides is 1. The molecule has 0 bridgehead atoms. The monoisotopic (exact) mass is 467 g/mol. The third-order valence-corrected chi connectivity index (χ3v) is 7.98. The average Bonchev–Trinajstić information content (AvgIpc) is 3.38. The zero-order chi connectivity index (χ0) is 23.3. The second-order valence-corrected chi connectivity index (χ2v) is 10.6. The quantitative estimate of drug-likeness (QED) is 0.360. The average molecular weight is 468 g/mol. The number of H-pyrrole nitrogens is 1. The van der Waals surface area contributed by atoms with E-state index >= 15 is 0 Å². The van der Waals surface area contributed by atoms with Crippen molar-refractivity contribution in [2.75, 3.05) is 4.72 Å². The Morgan fingerprint density at radius 2 is 1.73 bits per heavy atom. The molecule has 4 N–H and O–H groups in total. The van der Waals surface area contributed by atoms with Crippen molar-refractivity contribution in [2.24, 2.45) is 5.92 Å². The number of aromatic nitrogens is 1. The van der Waals surface area contributed by atoms with Crippen molar-refractivity contribution in [3.05, 3.63) is 72.4 Å². The van der Waals surface area contributed by atoms with Gasteiger partial charge in [-0.3, -0.25) is 4.72 Å². The Hall–Kier alpha value is -2.61. The summed E-state index contributed by atoms with van der Waals surface area (Å²) < 4.78 is 28.8. The topological polar surface area (TPSA) is 94.2 Å². The highest BCUT2D eigenvalue weighted by Gasteiger charge is 2.26. The maximum absolute atomic E-state index is 13.0. The second-order valence-electron chi connectivity index (χ2n) is 8.93. The van der Waals surface area contributed by atoms with Crippen molar-refractivity contribution in [3.63, 3.8) is 0 Å². The first-order valence-corrected chi connectivity index (χ1v) is 13.2. The highest BCUT2D eigenvalue weighted by molar-refractivity contribution is 7.92. The van der Waals surface area contributed by atoms with Crippen molar-refractivity contribution < 1.29 is 13.5 Å². The van der Waals surface area contributed by atoms with E-state index in [4.69, 9.17) is 0 Å². The van der Waals surface area contributed by atoms with E-state index in [1.54, 1.807) is 30.3 Å². The van der Waals surface area contributed by atoms with Crippen molar-refractivity contribution in [1.29, 1.82) is 0 Å². The van der Waals surface area contributed by atoms with Crippen LogP contribution in [0, 0.1) is 5.92 Å². The van der Waals surface area contributed by atoms with Gasteiger partial charge in [0.15, 0.2) is 0 Å². The summed E-state index contributed by atoms with van der Waals surface area (Å²) >= 11 is 0. The SMILES string of the molecule is CC(NCc1ccccc1NS(=O)(=O)c1ccc(-c2ccc[nH]2)cc1)[C@@H](O)C1CCCCC1. The van der Waals surface area contributed by atoms with Gasteiger partial charge in [-0.15, -0.1) is 0 Å². The maximum Gasteiger partial charge on any atom is 0.261 e. The number of aromatic amines is 1. The van der Waals surface area contributed by atoms with Gasteiger partial charge in [-0.25, -0.2) is 8.42 Å². The lowest BCUT2D eigenvalue weighted by molar-refractivity contribution is 0.0551. The molecule has 0 aliphatic heterocycles. The summed E-state index contributed by atoms with van der Waals surface area (Å²) in [5, 5.41) is 14.1. The van der Waals surface area contributed by atoms with Crippen LogP contribution < -0.4 is 10.0 Å². The van der Waals surface area contributed by atoms with Crippen LogP contribution in [0.5, 0.6) is 0 Å². The molecule has 6 nitrogen and oxygen atoms in total. The Kier molecular flexibility index (Phi) is 7.53. The van der Waals surface area contributed by atoms with E-state index in [9.17, 15) is 13.5 Å². The predicted octanol–water partition coefficient (Wildman–Crippen LogP) is 4.90. The first kappa shape index (κ1) is 23.5. The fourth-order valence-corrected chi connectivity index (χ4v) is 5.68. The summed E-state index contributed by atoms with van der Waals surface area (Å²) in [5.41, 5.74) is 3.24. The van der Waals surface area contributed by atoms with E-state index < -0.39 is 16.1 Å². The molecule has 0 saturated heterocycles. The van der Waals surface area contributed by atoms with Crippen molar-refractivity contribution in [2.45, 2.75) is 62.6 Å². The zero-order valence-corrected chi connectivity index (χ0v) is 19.8. The van der Waals surface area contributed by atoms with Crippen LogP contribution in [-0.4, -0.2) is 30.7 Å². The third-order valence-electron chi connectivity index (χ3n) is 6.59. The zero-order valence-electron chi connectivity index (χ0n) is 19.0. The molecule has 2 atom stereocenters. The number of rotatable bonds is 9. The lowest BCUT2D eigenvalue weighted by Gasteiger charge is -2.31. The van der Waals surface area contributed by atoms with E-state index in [0.717, 1.165) is 29.7 Å². The molecule has 1 saturated carbocycles. The molecule has 1 heterocycles. The first-order chi connectivity index (χ1) is 15.9. The summed E-state index contributed by atoms with van der Waals surface area (Å²) in [6.07, 6.45) is 7.22. The van der Waals surface area contributed by atoms with Crippen molar-refractivity contribution in [1.82, 2.24) is 10.3 Å². The number of aliphatic hydroxyl groups excluding tert-OH is 1. The fraction of sp³-hybridized carbons (Fsp3) is 0.385. The molecule has 176 valence electrons. The Balaban J connectivity index is 1.42. The van der Waals surface area contributed by atoms with Gasteiger partial charge in [0.25, 0.3) is 10.0 Å². The van der Waals surface area contributed by atoms with Crippen LogP contribution in [0.15, 0.2) is 71.8 Å². The molecule has 0 spiro atoms. The van der Waals surface area contributed by atoms with Gasteiger partial charge in [0, 0.05) is 24.5 Å². The van der Waals surface area contributed by atoms with E-state index in [1.165, 1.54) is 19.3 Å². The third kappa shape index (κ3) is 5.85. The van der Waals surface area contributed by atoms with Crippen LogP contribution in [0.25, 0.3) is 11.3 Å². The summed E-state index contributed by atoms with van der Waals surface area (Å²) in [5.74, 6) is 0.337. The summed E-state index contributed by atoms with van der Waals surface area (Å²) in [6, 6.07) is 18.0. The number of hydrogen-bond acceptors (Lipinski definition) is 4. The van der Waals surface area contributed by atoms with Gasteiger partial charge in [0.05, 0.1) is 16.7 Å². The Morgan fingerprint density at radius 1 is 1.00 bits per heavy atom. The molecule has 33 heavy (non-hydrogen) atoms. The van der Waals surface area contributed by atoms with Gasteiger partial charge in [-0.05, 0) is 67.1 Å². The standard InChI is InChI=1S/C26H33N3O3S/c1-19(26(30)21-8-3-2-4-9-21)28-18-22-10-5-6-11-25(22)29-33(31,32)23-15-13-20(14-16-23)24-12-7-17-27-24/h5-7,10-17,19,21,26-30H,2-4,8-9,18H2,1H3/t19?,26-/m1/s1. The minimum Gasteiger partial charge on any atom is -0.391 e. The van der Waals surface area contributed by atoms with E-state index in [0.29, 0.717) is 18.2 Å². The molecule has 1 aliphatic rings. The Morgan fingerprint density at radius 3 is 2.42 bits per heavy atom. The van der Waals surface area contributed by atoms with Gasteiger partial charge in [0.2, 0.25) is 0 Å². The first-order valence-electron chi connectivity index (χ1n) is 11.7. The van der Waals surface area contributed by atoms with E-state index in [-0.39, 0.29) is 10.9 Å². The van der Waals surface area contributed by atoms with Crippen LogP contribution in [0.3, 0.4) is 0 Å². The highest BCUT2D eigenvalue weighted by atomic mass is 32.2. The van der Waals surface area contributed by atoms with Gasteiger partial charge >= 0.3 is 0 Å². The summed E-state index contributed by atoms with van der Waals surface area (Å²) in [7, 11) is -3.73. The molecule has 1 aliphatic carbocycles. The van der Waals surface area contributed by atoms with Crippen LogP contribution in [0.4, 0.5) is 5.69 Å². The molecule has 7 heteroatoms. The highest BCUT2D eigenvalue weighted by Crippen LogP contribution is 2.28. The number of nitrogens with one attached hydrogen (secondary N) is 3. The molecule has 2 aromatic carbocycles. The summed E-state index contributed by atoms with van der Waals surface area (Å²) in [6.45, 7) is 2.47. The van der Waals surface area contributed by atoms with Gasteiger partial charge in [0.1, 0.15) is 0 Å². The van der Waals surface area contributed by atoms with E-state index in [2.05, 4.69) is 15.0 Å². The van der Waals surface area contributed by atoms with Crippen LogP contribution in [0.1, 0.15) is 44.6 Å². The molecular weight excluding hydrogens is 434 g/mol. The molecule has 1 aromatic heterocycles. The number of para-hydroxylation sites is 1. The largest absolute Gasteiger partial charge is 0.391 e. The lowest BCUT2D eigenvalue weighted by Crippen LogP contribution is -2.42. The molecule has 3 aromatic rings. The number of hydrogen-bond donors (Lipinski definition) is 4. The maximum atomic E-state index is 13.0. The predicted molar refractivity (Wildman–Crippen MR) is 132 cm³/mol. The minimum atomic E-state index is -3.73. The minimum absolute atomic E-state index is 0.0710. The van der Waals surface area contributed by atoms with Crippen molar-refractivity contribution >= 4 is 15.7 Å². The van der Waals surface area contributed by atoms with Gasteiger partial charge in [-0.1, -0.05) is 49.6 Å². The molecular formula is C26H33N3O3S.